The van der Waals surface area contributed by atoms with E-state index < -0.39 is 22.8 Å². The Morgan fingerprint density at radius 2 is 2.13 bits per heavy atom. The van der Waals surface area contributed by atoms with E-state index in [0.717, 1.165) is 28.6 Å². The topological polar surface area (TPSA) is 107 Å². The third-order valence-corrected chi connectivity index (χ3v) is 6.42. The summed E-state index contributed by atoms with van der Waals surface area (Å²) in [6.07, 6.45) is 7.96. The van der Waals surface area contributed by atoms with Crippen molar-refractivity contribution in [3.63, 3.8) is 0 Å². The monoisotopic (exact) mass is 405 g/mol. The van der Waals surface area contributed by atoms with Gasteiger partial charge in [0, 0.05) is 47.4 Å². The first-order valence-corrected chi connectivity index (χ1v) is 10.2. The molecule has 30 heavy (non-hydrogen) atoms. The Balaban J connectivity index is 1.66. The summed E-state index contributed by atoms with van der Waals surface area (Å²) in [6.45, 7) is 0.796. The molecule has 1 fully saturated rings. The van der Waals surface area contributed by atoms with Crippen molar-refractivity contribution in [2.24, 2.45) is 7.05 Å². The van der Waals surface area contributed by atoms with Gasteiger partial charge in [-0.15, -0.1) is 0 Å². The summed E-state index contributed by atoms with van der Waals surface area (Å²) in [6, 6.07) is 6.69. The van der Waals surface area contributed by atoms with Crippen LogP contribution in [0.2, 0.25) is 0 Å². The standard InChI is InChI=1S/C23H23N3O4/c1-26-13(11-24-12-4-2-5-12)10-17-14-6-3-7-16-20(15(14)8-9-18(17)26)25-22(28)19(21(16)27)23(29)30/h3,6,8-10,12,24H,2,4-5,7,11H2,1H3,(H,29,30)(H2,25,27,28). The van der Waals surface area contributed by atoms with Crippen molar-refractivity contribution in [1.29, 1.82) is 0 Å². The molecule has 0 saturated heterocycles. The zero-order chi connectivity index (χ0) is 21.0. The summed E-state index contributed by atoms with van der Waals surface area (Å²) in [5, 5.41) is 24.5. The maximum Gasteiger partial charge on any atom is 0.345 e. The number of rotatable bonds is 4. The highest BCUT2D eigenvalue weighted by Crippen LogP contribution is 2.38. The molecular weight excluding hydrogens is 382 g/mol. The number of pyridine rings is 1. The molecule has 0 amide bonds. The van der Waals surface area contributed by atoms with E-state index in [1.54, 1.807) is 0 Å². The van der Waals surface area contributed by atoms with Gasteiger partial charge in [0.05, 0.1) is 5.69 Å². The first-order valence-electron chi connectivity index (χ1n) is 10.2. The molecule has 0 radical (unpaired) electrons. The first-order chi connectivity index (χ1) is 14.5. The third kappa shape index (κ3) is 2.77. The number of hydrogen-bond donors (Lipinski definition) is 4. The maximum atomic E-state index is 12.4. The number of nitrogens with zero attached hydrogens (tertiary/aromatic N) is 1. The molecule has 3 aromatic rings. The van der Waals surface area contributed by atoms with Gasteiger partial charge in [-0.1, -0.05) is 24.6 Å². The summed E-state index contributed by atoms with van der Waals surface area (Å²) >= 11 is 0. The van der Waals surface area contributed by atoms with E-state index in [-0.39, 0.29) is 0 Å². The van der Waals surface area contributed by atoms with E-state index in [2.05, 4.69) is 20.9 Å². The van der Waals surface area contributed by atoms with E-state index >= 15 is 0 Å². The highest BCUT2D eigenvalue weighted by molar-refractivity contribution is 5.99. The van der Waals surface area contributed by atoms with Crippen LogP contribution < -0.4 is 10.9 Å². The lowest BCUT2D eigenvalue weighted by Gasteiger charge is -2.26. The van der Waals surface area contributed by atoms with Crippen molar-refractivity contribution < 1.29 is 15.0 Å². The number of aromatic amines is 1. The summed E-state index contributed by atoms with van der Waals surface area (Å²) in [5.41, 5.74) is 3.48. The van der Waals surface area contributed by atoms with Crippen LogP contribution in [-0.2, 0) is 20.0 Å². The molecule has 1 saturated carbocycles. The predicted octanol–water partition coefficient (Wildman–Crippen LogP) is 3.15. The van der Waals surface area contributed by atoms with Crippen molar-refractivity contribution in [2.75, 3.05) is 0 Å². The molecule has 0 unspecified atom stereocenters. The van der Waals surface area contributed by atoms with E-state index in [9.17, 15) is 19.8 Å². The molecule has 0 aliphatic heterocycles. The average molecular weight is 405 g/mol. The van der Waals surface area contributed by atoms with Crippen LogP contribution in [0.1, 0.15) is 46.4 Å². The molecule has 2 aromatic heterocycles. The normalized spacial score (nSPS) is 15.5. The lowest BCUT2D eigenvalue weighted by molar-refractivity contribution is 0.0691. The van der Waals surface area contributed by atoms with Gasteiger partial charge < -0.3 is 25.1 Å². The molecule has 1 aromatic carbocycles. The first kappa shape index (κ1) is 18.7. The molecule has 2 heterocycles. The summed E-state index contributed by atoms with van der Waals surface area (Å²) < 4.78 is 2.18. The average Bonchev–Trinajstić information content (AvgIpc) is 2.86. The fraction of sp³-hybridized carbons (Fsp3) is 0.304. The number of H-pyrrole nitrogens is 1. The van der Waals surface area contributed by atoms with Gasteiger partial charge in [0.1, 0.15) is 5.75 Å². The van der Waals surface area contributed by atoms with Crippen LogP contribution in [0, 0.1) is 0 Å². The molecule has 5 rings (SSSR count). The second-order valence-corrected chi connectivity index (χ2v) is 8.11. The minimum absolute atomic E-state index is 0.331. The van der Waals surface area contributed by atoms with Crippen molar-refractivity contribution in [2.45, 2.75) is 38.3 Å². The lowest BCUT2D eigenvalue weighted by Crippen LogP contribution is -2.34. The number of carbonyl (C=O) groups is 1. The second-order valence-electron chi connectivity index (χ2n) is 8.11. The van der Waals surface area contributed by atoms with Gasteiger partial charge in [-0.2, -0.15) is 0 Å². The molecule has 2 aliphatic rings. The molecule has 2 aliphatic carbocycles. The maximum absolute atomic E-state index is 12.4. The highest BCUT2D eigenvalue weighted by Gasteiger charge is 2.25. The van der Waals surface area contributed by atoms with Gasteiger partial charge in [0.2, 0.25) is 0 Å². The van der Waals surface area contributed by atoms with E-state index in [0.29, 0.717) is 23.7 Å². The summed E-state index contributed by atoms with van der Waals surface area (Å²) in [4.78, 5) is 26.5. The minimum atomic E-state index is -1.44. The molecule has 154 valence electrons. The Bertz CT molecular complexity index is 1280. The fourth-order valence-corrected chi connectivity index (χ4v) is 4.47. The number of aromatic carboxylic acids is 1. The molecule has 0 atom stereocenters. The number of aryl methyl sites for hydroxylation is 1. The quantitative estimate of drug-likeness (QED) is 0.533. The van der Waals surface area contributed by atoms with Crippen molar-refractivity contribution in [1.82, 2.24) is 14.9 Å². The number of aromatic hydroxyl groups is 1. The van der Waals surface area contributed by atoms with Crippen molar-refractivity contribution in [3.05, 3.63) is 57.0 Å². The molecule has 0 spiro atoms. The van der Waals surface area contributed by atoms with Gasteiger partial charge in [0.15, 0.2) is 5.56 Å². The van der Waals surface area contributed by atoms with Crippen LogP contribution in [0.4, 0.5) is 0 Å². The Morgan fingerprint density at radius 1 is 1.33 bits per heavy atom. The highest BCUT2D eigenvalue weighted by atomic mass is 16.4. The van der Waals surface area contributed by atoms with Crippen LogP contribution in [0.15, 0.2) is 29.1 Å². The summed E-state index contributed by atoms with van der Waals surface area (Å²) in [7, 11) is 2.05. The van der Waals surface area contributed by atoms with E-state index in [1.165, 1.54) is 25.0 Å². The van der Waals surface area contributed by atoms with Crippen LogP contribution in [0.25, 0.3) is 28.2 Å². The summed E-state index contributed by atoms with van der Waals surface area (Å²) in [5.74, 6) is -1.90. The van der Waals surface area contributed by atoms with Gasteiger partial charge in [0.25, 0.3) is 5.56 Å². The zero-order valence-corrected chi connectivity index (χ0v) is 16.7. The Morgan fingerprint density at radius 3 is 2.83 bits per heavy atom. The minimum Gasteiger partial charge on any atom is -0.506 e. The lowest BCUT2D eigenvalue weighted by atomic mass is 9.93. The fourth-order valence-electron chi connectivity index (χ4n) is 4.47. The second kappa shape index (κ2) is 6.88. The van der Waals surface area contributed by atoms with Crippen molar-refractivity contribution in [3.8, 4) is 17.0 Å². The number of hydrogen-bond acceptors (Lipinski definition) is 4. The van der Waals surface area contributed by atoms with E-state index in [1.807, 2.05) is 31.3 Å². The van der Waals surface area contributed by atoms with E-state index in [4.69, 9.17) is 0 Å². The van der Waals surface area contributed by atoms with Gasteiger partial charge >= 0.3 is 5.97 Å². The predicted molar refractivity (Wildman–Crippen MR) is 115 cm³/mol. The van der Waals surface area contributed by atoms with Crippen LogP contribution in [-0.4, -0.2) is 31.8 Å². The zero-order valence-electron chi connectivity index (χ0n) is 16.7. The van der Waals surface area contributed by atoms with Crippen LogP contribution >= 0.6 is 0 Å². The van der Waals surface area contributed by atoms with Gasteiger partial charge in [-0.05, 0) is 37.0 Å². The molecular formula is C23H23N3O4. The van der Waals surface area contributed by atoms with Gasteiger partial charge in [-0.3, -0.25) is 4.79 Å². The molecule has 4 N–H and O–H groups in total. The number of benzene rings is 1. The largest absolute Gasteiger partial charge is 0.506 e. The number of carboxylic acids is 1. The Hall–Kier alpha value is -3.32. The molecule has 7 nitrogen and oxygen atoms in total. The van der Waals surface area contributed by atoms with Crippen LogP contribution in [0.5, 0.6) is 5.75 Å². The molecule has 0 bridgehead atoms. The number of fused-ring (bicyclic) bond motifs is 5. The number of nitrogens with one attached hydrogen (secondary N) is 2. The Kier molecular flexibility index (Phi) is 4.29. The number of allylic oxidation sites excluding steroid dienone is 1. The number of aromatic nitrogens is 2. The SMILES string of the molecule is Cn1c(CNC2CCC2)cc2c3c(ccc21)-c1[nH]c(=O)c(C(=O)O)c(O)c1CC=C3. The van der Waals surface area contributed by atoms with Gasteiger partial charge in [-0.25, -0.2) is 4.79 Å². The molecule has 7 heteroatoms. The van der Waals surface area contributed by atoms with Crippen LogP contribution in [0.3, 0.4) is 0 Å². The smallest absolute Gasteiger partial charge is 0.345 e. The number of carboxylic acid groups (broad SMARTS) is 1. The third-order valence-electron chi connectivity index (χ3n) is 6.42. The Labute approximate surface area is 172 Å². The van der Waals surface area contributed by atoms with Crippen molar-refractivity contribution >= 4 is 22.9 Å².